The molecule has 4 heteroatoms. The first kappa shape index (κ1) is 22.1. The summed E-state index contributed by atoms with van der Waals surface area (Å²) in [5.74, 6) is 0.267. The number of hydrogen-bond donors (Lipinski definition) is 1. The van der Waals surface area contributed by atoms with E-state index in [1.807, 2.05) is 41.5 Å². The predicted octanol–water partition coefficient (Wildman–Crippen LogP) is 3.51. The molecule has 0 atom stereocenters. The van der Waals surface area contributed by atoms with Crippen LogP contribution in [-0.2, 0) is 14.4 Å². The largest absolute Gasteiger partial charge is 0.370 e. The van der Waals surface area contributed by atoms with E-state index >= 15 is 0 Å². The van der Waals surface area contributed by atoms with E-state index in [0.29, 0.717) is 5.78 Å². The second kappa shape index (κ2) is 10.5. The lowest BCUT2D eigenvalue weighted by molar-refractivity contribution is -0.130. The van der Waals surface area contributed by atoms with Crippen LogP contribution >= 0.6 is 0 Å². The molecule has 0 aliphatic rings. The Morgan fingerprint density at radius 3 is 1.71 bits per heavy atom. The average Bonchev–Trinajstić information content (AvgIpc) is 2.35. The molecule has 1 amide bonds. The van der Waals surface area contributed by atoms with Crippen LogP contribution in [0.1, 0.15) is 74.1 Å². The van der Waals surface area contributed by atoms with Gasteiger partial charge in [-0.2, -0.15) is 0 Å². The van der Waals surface area contributed by atoms with Gasteiger partial charge in [-0.15, -0.1) is 0 Å². The number of nitrogens with two attached hydrogens (primary N) is 1. The van der Waals surface area contributed by atoms with Crippen LogP contribution in [0.4, 0.5) is 0 Å². The molecule has 0 spiro atoms. The molecule has 0 unspecified atom stereocenters. The van der Waals surface area contributed by atoms with Crippen molar-refractivity contribution in [3.8, 4) is 0 Å². The molecule has 0 bridgehead atoms. The maximum Gasteiger partial charge on any atom is 0.217 e. The highest BCUT2D eigenvalue weighted by Gasteiger charge is 2.27. The van der Waals surface area contributed by atoms with Crippen molar-refractivity contribution in [3.63, 3.8) is 0 Å². The maximum absolute atomic E-state index is 11.6. The van der Waals surface area contributed by atoms with Crippen LogP contribution < -0.4 is 5.73 Å². The smallest absolute Gasteiger partial charge is 0.217 e. The second-order valence-electron chi connectivity index (χ2n) is 6.74. The molecule has 0 aliphatic carbocycles. The number of ketones is 2. The molecule has 0 aliphatic heterocycles. The van der Waals surface area contributed by atoms with Crippen molar-refractivity contribution >= 4 is 17.5 Å². The second-order valence-corrected chi connectivity index (χ2v) is 6.74. The lowest BCUT2D eigenvalue weighted by Crippen LogP contribution is -2.28. The van der Waals surface area contributed by atoms with Crippen molar-refractivity contribution < 1.29 is 14.4 Å². The summed E-state index contributed by atoms with van der Waals surface area (Å²) >= 11 is 0. The minimum absolute atomic E-state index is 0.0133. The van der Waals surface area contributed by atoms with Gasteiger partial charge in [-0.3, -0.25) is 14.4 Å². The highest BCUT2D eigenvalue weighted by atomic mass is 16.1. The first-order valence-electron chi connectivity index (χ1n) is 7.81. The van der Waals surface area contributed by atoms with Gasteiger partial charge < -0.3 is 5.73 Å². The topological polar surface area (TPSA) is 77.2 Å². The van der Waals surface area contributed by atoms with E-state index in [1.54, 1.807) is 0 Å². The first-order chi connectivity index (χ1) is 9.45. The Hall–Kier alpha value is -1.19. The van der Waals surface area contributed by atoms with E-state index in [2.05, 4.69) is 6.92 Å². The summed E-state index contributed by atoms with van der Waals surface area (Å²) < 4.78 is 0. The first-order valence-corrected chi connectivity index (χ1v) is 7.81. The third-order valence-corrected chi connectivity index (χ3v) is 3.33. The highest BCUT2D eigenvalue weighted by Crippen LogP contribution is 2.26. The molecule has 0 saturated heterocycles. The Balaban J connectivity index is 0. The van der Waals surface area contributed by atoms with Crippen LogP contribution in [0.15, 0.2) is 0 Å². The normalized spacial score (nSPS) is 11.1. The third kappa shape index (κ3) is 11.2. The van der Waals surface area contributed by atoms with Crippen molar-refractivity contribution in [1.29, 1.82) is 0 Å². The van der Waals surface area contributed by atoms with Crippen LogP contribution in [0, 0.1) is 17.3 Å². The SMILES string of the molecule is CC(C)C(=O)CCC(N)=O.CCCC(C)(C)C(=O)C(C)C. The van der Waals surface area contributed by atoms with Crippen molar-refractivity contribution in [1.82, 2.24) is 0 Å². The quantitative estimate of drug-likeness (QED) is 0.745. The van der Waals surface area contributed by atoms with Crippen molar-refractivity contribution in [3.05, 3.63) is 0 Å². The minimum Gasteiger partial charge on any atom is -0.370 e. The fourth-order valence-electron chi connectivity index (χ4n) is 2.06. The van der Waals surface area contributed by atoms with Gasteiger partial charge in [0.05, 0.1) is 0 Å². The van der Waals surface area contributed by atoms with E-state index in [4.69, 9.17) is 5.73 Å². The standard InChI is InChI=1S/C10H20O.C7H13NO2/c1-6-7-10(4,5)9(11)8(2)3;1-5(2)6(9)3-4-7(8)10/h8H,6-7H2,1-5H3;5H,3-4H2,1-2H3,(H2,8,10). The van der Waals surface area contributed by atoms with Gasteiger partial charge in [0.2, 0.25) is 5.91 Å². The molecule has 4 nitrogen and oxygen atoms in total. The van der Waals surface area contributed by atoms with Gasteiger partial charge in [0.15, 0.2) is 0 Å². The number of Topliss-reactive ketones (excluding diaryl/α,β-unsaturated/α-hetero) is 2. The lowest BCUT2D eigenvalue weighted by atomic mass is 9.79. The summed E-state index contributed by atoms with van der Waals surface area (Å²) in [5.41, 5.74) is 4.74. The number of carbonyl (C=O) groups excluding carboxylic acids is 3. The van der Waals surface area contributed by atoms with E-state index in [0.717, 1.165) is 12.8 Å². The zero-order chi connectivity index (χ0) is 17.2. The number of carbonyl (C=O) groups is 3. The Bertz CT molecular complexity index is 344. The average molecular weight is 299 g/mol. The summed E-state index contributed by atoms with van der Waals surface area (Å²) in [7, 11) is 0. The highest BCUT2D eigenvalue weighted by molar-refractivity contribution is 5.85. The molecule has 0 aromatic rings. The van der Waals surface area contributed by atoms with E-state index < -0.39 is 5.91 Å². The zero-order valence-electron chi connectivity index (χ0n) is 14.8. The number of rotatable bonds is 8. The van der Waals surface area contributed by atoms with Crippen molar-refractivity contribution in [2.75, 3.05) is 0 Å². The third-order valence-electron chi connectivity index (χ3n) is 3.33. The summed E-state index contributed by atoms with van der Waals surface area (Å²) in [4.78, 5) is 32.6. The molecule has 0 heterocycles. The van der Waals surface area contributed by atoms with Crippen LogP contribution in [0.5, 0.6) is 0 Å². The van der Waals surface area contributed by atoms with Gasteiger partial charge in [0, 0.05) is 30.1 Å². The summed E-state index contributed by atoms with van der Waals surface area (Å²) in [6.45, 7) is 13.8. The van der Waals surface area contributed by atoms with E-state index in [-0.39, 0.29) is 35.9 Å². The Kier molecular flexibility index (Phi) is 11.1. The van der Waals surface area contributed by atoms with Gasteiger partial charge in [-0.1, -0.05) is 54.9 Å². The maximum atomic E-state index is 11.6. The minimum atomic E-state index is -0.408. The van der Waals surface area contributed by atoms with Gasteiger partial charge in [0.1, 0.15) is 11.6 Å². The molecule has 0 radical (unpaired) electrons. The lowest BCUT2D eigenvalue weighted by Gasteiger charge is -2.24. The number of amides is 1. The molecule has 2 N–H and O–H groups in total. The zero-order valence-corrected chi connectivity index (χ0v) is 14.8. The van der Waals surface area contributed by atoms with Crippen molar-refractivity contribution in [2.24, 2.45) is 23.0 Å². The molecule has 21 heavy (non-hydrogen) atoms. The Morgan fingerprint density at radius 2 is 1.43 bits per heavy atom. The number of hydrogen-bond acceptors (Lipinski definition) is 3. The van der Waals surface area contributed by atoms with Gasteiger partial charge in [-0.25, -0.2) is 0 Å². The van der Waals surface area contributed by atoms with Gasteiger partial charge in [0.25, 0.3) is 0 Å². The van der Waals surface area contributed by atoms with Crippen LogP contribution in [-0.4, -0.2) is 17.5 Å². The fraction of sp³-hybridized carbons (Fsp3) is 0.824. The molecule has 0 aromatic carbocycles. The summed E-state index contributed by atoms with van der Waals surface area (Å²) in [6, 6.07) is 0. The molecule has 0 rings (SSSR count). The number of primary amides is 1. The monoisotopic (exact) mass is 299 g/mol. The van der Waals surface area contributed by atoms with Crippen molar-refractivity contribution in [2.45, 2.75) is 74.1 Å². The molecule has 124 valence electrons. The van der Waals surface area contributed by atoms with Crippen LogP contribution in [0.25, 0.3) is 0 Å². The summed E-state index contributed by atoms with van der Waals surface area (Å²) in [6.07, 6.45) is 2.56. The molecular weight excluding hydrogens is 266 g/mol. The molecule has 0 saturated carbocycles. The molecular formula is C17H33NO3. The van der Waals surface area contributed by atoms with Crippen LogP contribution in [0.3, 0.4) is 0 Å². The predicted molar refractivity (Wildman–Crippen MR) is 86.8 cm³/mol. The Labute approximate surface area is 129 Å². The van der Waals surface area contributed by atoms with Gasteiger partial charge in [-0.05, 0) is 6.42 Å². The van der Waals surface area contributed by atoms with Crippen LogP contribution in [0.2, 0.25) is 0 Å². The summed E-state index contributed by atoms with van der Waals surface area (Å²) in [5, 5.41) is 0. The van der Waals surface area contributed by atoms with E-state index in [9.17, 15) is 14.4 Å². The fourth-order valence-corrected chi connectivity index (χ4v) is 2.06. The van der Waals surface area contributed by atoms with E-state index in [1.165, 1.54) is 0 Å². The van der Waals surface area contributed by atoms with Gasteiger partial charge >= 0.3 is 0 Å². The molecule has 0 aromatic heterocycles. The molecule has 0 fully saturated rings. The Morgan fingerprint density at radius 1 is 0.952 bits per heavy atom.